The number of aromatic nitrogens is 4. The molecule has 0 unspecified atom stereocenters. The van der Waals surface area contributed by atoms with Crippen molar-refractivity contribution in [3.8, 4) is 5.69 Å². The topological polar surface area (TPSA) is 71.2 Å². The SMILES string of the molecule is Cc1ccc(-n2ncc3c(=O)n(CCC4OCCO4)cnc32)c(C)c1. The van der Waals surface area contributed by atoms with Crippen LogP contribution in [0.25, 0.3) is 16.7 Å². The summed E-state index contributed by atoms with van der Waals surface area (Å²) in [5, 5.41) is 4.90. The molecule has 25 heavy (non-hydrogen) atoms. The minimum atomic E-state index is -0.236. The monoisotopic (exact) mass is 340 g/mol. The smallest absolute Gasteiger partial charge is 0.264 e. The van der Waals surface area contributed by atoms with E-state index < -0.39 is 0 Å². The molecule has 2 aromatic heterocycles. The van der Waals surface area contributed by atoms with Gasteiger partial charge in [0, 0.05) is 13.0 Å². The van der Waals surface area contributed by atoms with Crippen molar-refractivity contribution in [2.24, 2.45) is 0 Å². The van der Waals surface area contributed by atoms with Crippen LogP contribution in [0.2, 0.25) is 0 Å². The van der Waals surface area contributed by atoms with Gasteiger partial charge in [0.05, 0.1) is 31.4 Å². The Morgan fingerprint density at radius 3 is 2.80 bits per heavy atom. The van der Waals surface area contributed by atoms with Gasteiger partial charge in [-0.25, -0.2) is 9.67 Å². The number of benzene rings is 1. The van der Waals surface area contributed by atoms with Gasteiger partial charge < -0.3 is 9.47 Å². The third kappa shape index (κ3) is 2.96. The van der Waals surface area contributed by atoms with Gasteiger partial charge in [-0.3, -0.25) is 9.36 Å². The van der Waals surface area contributed by atoms with Crippen LogP contribution in [0.3, 0.4) is 0 Å². The van der Waals surface area contributed by atoms with Crippen molar-refractivity contribution >= 4 is 11.0 Å². The summed E-state index contributed by atoms with van der Waals surface area (Å²) >= 11 is 0. The first-order valence-electron chi connectivity index (χ1n) is 8.37. The first-order chi connectivity index (χ1) is 12.1. The zero-order valence-corrected chi connectivity index (χ0v) is 14.3. The lowest BCUT2D eigenvalue weighted by molar-refractivity contribution is -0.0492. The van der Waals surface area contributed by atoms with E-state index in [2.05, 4.69) is 16.1 Å². The summed E-state index contributed by atoms with van der Waals surface area (Å²) in [6.07, 6.45) is 3.54. The van der Waals surface area contributed by atoms with E-state index in [4.69, 9.17) is 9.47 Å². The van der Waals surface area contributed by atoms with E-state index >= 15 is 0 Å². The molecule has 1 aliphatic rings. The highest BCUT2D eigenvalue weighted by molar-refractivity contribution is 5.75. The van der Waals surface area contributed by atoms with Crippen LogP contribution in [0.15, 0.2) is 35.5 Å². The zero-order valence-electron chi connectivity index (χ0n) is 14.3. The van der Waals surface area contributed by atoms with Crippen LogP contribution in [0.4, 0.5) is 0 Å². The van der Waals surface area contributed by atoms with Crippen LogP contribution < -0.4 is 5.56 Å². The number of nitrogens with zero attached hydrogens (tertiary/aromatic N) is 4. The Bertz CT molecular complexity index is 970. The Kier molecular flexibility index (Phi) is 4.10. The number of ether oxygens (including phenoxy) is 2. The van der Waals surface area contributed by atoms with Crippen LogP contribution in [0.1, 0.15) is 17.5 Å². The molecule has 0 bridgehead atoms. The van der Waals surface area contributed by atoms with Gasteiger partial charge >= 0.3 is 0 Å². The van der Waals surface area contributed by atoms with Gasteiger partial charge in [0.2, 0.25) is 0 Å². The molecule has 1 aromatic carbocycles. The average molecular weight is 340 g/mol. The molecule has 1 fully saturated rings. The number of aryl methyl sites for hydroxylation is 3. The number of hydrogen-bond acceptors (Lipinski definition) is 5. The minimum absolute atomic E-state index is 0.0981. The molecule has 0 amide bonds. The van der Waals surface area contributed by atoms with Crippen molar-refractivity contribution in [3.63, 3.8) is 0 Å². The molecule has 1 saturated heterocycles. The molecule has 0 spiro atoms. The van der Waals surface area contributed by atoms with Crippen molar-refractivity contribution in [1.29, 1.82) is 0 Å². The van der Waals surface area contributed by atoms with Crippen molar-refractivity contribution in [3.05, 3.63) is 52.2 Å². The largest absolute Gasteiger partial charge is 0.350 e. The Balaban J connectivity index is 1.68. The van der Waals surface area contributed by atoms with Gasteiger partial charge in [0.1, 0.15) is 5.39 Å². The van der Waals surface area contributed by atoms with E-state index in [0.29, 0.717) is 37.2 Å². The van der Waals surface area contributed by atoms with Crippen molar-refractivity contribution < 1.29 is 9.47 Å². The first kappa shape index (κ1) is 16.0. The molecule has 0 radical (unpaired) electrons. The molecule has 1 aliphatic heterocycles. The molecular weight excluding hydrogens is 320 g/mol. The van der Waals surface area contributed by atoms with Crippen molar-refractivity contribution in [1.82, 2.24) is 19.3 Å². The maximum absolute atomic E-state index is 12.7. The van der Waals surface area contributed by atoms with Gasteiger partial charge in [0.15, 0.2) is 11.9 Å². The van der Waals surface area contributed by atoms with Crippen molar-refractivity contribution in [2.75, 3.05) is 13.2 Å². The predicted octanol–water partition coefficient (Wildman–Crippen LogP) is 1.96. The lowest BCUT2D eigenvalue weighted by atomic mass is 10.1. The highest BCUT2D eigenvalue weighted by atomic mass is 16.7. The fourth-order valence-corrected chi connectivity index (χ4v) is 3.15. The summed E-state index contributed by atoms with van der Waals surface area (Å²) in [5.41, 5.74) is 3.68. The summed E-state index contributed by atoms with van der Waals surface area (Å²) < 4.78 is 14.1. The summed E-state index contributed by atoms with van der Waals surface area (Å²) in [6.45, 7) is 5.80. The molecule has 7 heteroatoms. The van der Waals surface area contributed by atoms with Gasteiger partial charge in [-0.1, -0.05) is 17.7 Å². The standard InChI is InChI=1S/C18H20N4O3/c1-12-3-4-15(13(2)9-12)22-17-14(10-20-22)18(23)21(11-19-17)6-5-16-24-7-8-25-16/h3-4,9-11,16H,5-8H2,1-2H3. The van der Waals surface area contributed by atoms with E-state index in [1.54, 1.807) is 21.8 Å². The van der Waals surface area contributed by atoms with E-state index in [1.807, 2.05) is 26.0 Å². The molecule has 130 valence electrons. The first-order valence-corrected chi connectivity index (χ1v) is 8.37. The average Bonchev–Trinajstić information content (AvgIpc) is 3.24. The van der Waals surface area contributed by atoms with Gasteiger partial charge in [-0.15, -0.1) is 0 Å². The molecule has 3 aromatic rings. The Labute approximate surface area is 144 Å². The third-order valence-corrected chi connectivity index (χ3v) is 4.43. The molecular formula is C18H20N4O3. The second-order valence-electron chi connectivity index (χ2n) is 6.29. The quantitative estimate of drug-likeness (QED) is 0.726. The molecule has 3 heterocycles. The molecule has 4 rings (SSSR count). The highest BCUT2D eigenvalue weighted by Gasteiger charge is 2.17. The predicted molar refractivity (Wildman–Crippen MR) is 92.9 cm³/mol. The summed E-state index contributed by atoms with van der Waals surface area (Å²) in [4.78, 5) is 17.2. The summed E-state index contributed by atoms with van der Waals surface area (Å²) in [7, 11) is 0. The number of rotatable bonds is 4. The maximum Gasteiger partial charge on any atom is 0.264 e. The molecule has 0 aliphatic carbocycles. The normalized spacial score (nSPS) is 15.3. The second kappa shape index (κ2) is 6.42. The van der Waals surface area contributed by atoms with E-state index in [-0.39, 0.29) is 11.8 Å². The fourth-order valence-electron chi connectivity index (χ4n) is 3.15. The number of hydrogen-bond donors (Lipinski definition) is 0. The lowest BCUT2D eigenvalue weighted by Gasteiger charge is -2.11. The van der Waals surface area contributed by atoms with Crippen molar-refractivity contribution in [2.45, 2.75) is 33.1 Å². The van der Waals surface area contributed by atoms with Crippen LogP contribution in [-0.4, -0.2) is 38.8 Å². The Morgan fingerprint density at radius 1 is 1.24 bits per heavy atom. The van der Waals surface area contributed by atoms with Crippen LogP contribution in [0, 0.1) is 13.8 Å². The molecule has 0 N–H and O–H groups in total. The second-order valence-corrected chi connectivity index (χ2v) is 6.29. The van der Waals surface area contributed by atoms with E-state index in [0.717, 1.165) is 11.3 Å². The zero-order chi connectivity index (χ0) is 17.4. The van der Waals surface area contributed by atoms with Crippen LogP contribution in [-0.2, 0) is 16.0 Å². The third-order valence-electron chi connectivity index (χ3n) is 4.43. The van der Waals surface area contributed by atoms with Gasteiger partial charge in [-0.05, 0) is 25.5 Å². The van der Waals surface area contributed by atoms with E-state index in [1.165, 1.54) is 5.56 Å². The Hall–Kier alpha value is -2.51. The number of fused-ring (bicyclic) bond motifs is 1. The van der Waals surface area contributed by atoms with Crippen LogP contribution in [0.5, 0.6) is 0 Å². The summed E-state index contributed by atoms with van der Waals surface area (Å²) in [6, 6.07) is 6.11. The molecule has 0 saturated carbocycles. The maximum atomic E-state index is 12.7. The van der Waals surface area contributed by atoms with Crippen LogP contribution >= 0.6 is 0 Å². The van der Waals surface area contributed by atoms with Gasteiger partial charge in [-0.2, -0.15) is 5.10 Å². The van der Waals surface area contributed by atoms with E-state index in [9.17, 15) is 4.79 Å². The highest BCUT2D eigenvalue weighted by Crippen LogP contribution is 2.18. The Morgan fingerprint density at radius 2 is 2.04 bits per heavy atom. The fraction of sp³-hybridized carbons (Fsp3) is 0.389. The summed E-state index contributed by atoms with van der Waals surface area (Å²) in [5.74, 6) is 0. The molecule has 0 atom stereocenters. The van der Waals surface area contributed by atoms with Gasteiger partial charge in [0.25, 0.3) is 5.56 Å². The minimum Gasteiger partial charge on any atom is -0.350 e. The lowest BCUT2D eigenvalue weighted by Crippen LogP contribution is -2.23. The molecule has 7 nitrogen and oxygen atoms in total.